The Bertz CT molecular complexity index is 3580. The summed E-state index contributed by atoms with van der Waals surface area (Å²) in [5.74, 6) is 0. The Kier molecular flexibility index (Phi) is 15.3. The first-order chi connectivity index (χ1) is 37.3. The normalized spacial score (nSPS) is 11.2. The summed E-state index contributed by atoms with van der Waals surface area (Å²) in [4.78, 5) is 14.2. The molecule has 0 unspecified atom stereocenters. The van der Waals surface area contributed by atoms with E-state index >= 15 is 0 Å². The molecular weight excluding hydrogens is 923 g/mol. The van der Waals surface area contributed by atoms with Crippen LogP contribution < -0.4 is 0 Å². The van der Waals surface area contributed by atoms with E-state index in [1.807, 2.05) is 55.0 Å². The third kappa shape index (κ3) is 11.1. The van der Waals surface area contributed by atoms with Crippen molar-refractivity contribution in [3.05, 3.63) is 257 Å². The lowest BCUT2D eigenvalue weighted by Crippen LogP contribution is -2.23. The maximum Gasteiger partial charge on any atom is 0.0992 e. The van der Waals surface area contributed by atoms with E-state index in [0.29, 0.717) is 11.1 Å². The fourth-order valence-electron chi connectivity index (χ4n) is 11.0. The van der Waals surface area contributed by atoms with Gasteiger partial charge in [0.25, 0.3) is 0 Å². The molecule has 10 rings (SSSR count). The van der Waals surface area contributed by atoms with Crippen LogP contribution in [0.1, 0.15) is 84.5 Å². The number of benzene rings is 7. The van der Waals surface area contributed by atoms with Gasteiger partial charge in [0, 0.05) is 35.3 Å². The second kappa shape index (κ2) is 23.0. The van der Waals surface area contributed by atoms with Crippen molar-refractivity contribution in [1.82, 2.24) is 15.0 Å². The molecule has 3 aromatic heterocycles. The Morgan fingerprint density at radius 2 is 0.842 bits per heavy atom. The minimum atomic E-state index is 0.0867. The van der Waals surface area contributed by atoms with Crippen molar-refractivity contribution in [3.63, 3.8) is 0 Å². The highest BCUT2D eigenvalue weighted by Gasteiger charge is 2.27. The summed E-state index contributed by atoms with van der Waals surface area (Å²) in [6.45, 7) is 9.01. The number of aromatic nitrogens is 3. The van der Waals surface area contributed by atoms with Crippen LogP contribution in [0.4, 0.5) is 0 Å². The number of nitrogens with zero attached hydrogens (tertiary/aromatic N) is 5. The number of hydrogen-bond donors (Lipinski definition) is 0. The summed E-state index contributed by atoms with van der Waals surface area (Å²) >= 11 is 0. The summed E-state index contributed by atoms with van der Waals surface area (Å²) in [6, 6.07) is 73.7. The summed E-state index contributed by atoms with van der Waals surface area (Å²) < 4.78 is 0. The van der Waals surface area contributed by atoms with Gasteiger partial charge in [-0.2, -0.15) is 10.5 Å². The van der Waals surface area contributed by atoms with Crippen LogP contribution in [-0.2, 0) is 31.1 Å². The van der Waals surface area contributed by atoms with Crippen molar-refractivity contribution < 1.29 is 0 Å². The van der Waals surface area contributed by atoms with Gasteiger partial charge in [0.05, 0.1) is 40.3 Å². The Balaban J connectivity index is 1.06. The van der Waals surface area contributed by atoms with Crippen molar-refractivity contribution in [2.45, 2.75) is 78.1 Å². The molecular formula is C71H61N5. The smallest absolute Gasteiger partial charge is 0.0992 e. The molecule has 370 valence electrons. The Labute approximate surface area is 448 Å². The van der Waals surface area contributed by atoms with Crippen LogP contribution in [0, 0.1) is 29.6 Å². The van der Waals surface area contributed by atoms with E-state index in [2.05, 4.69) is 201 Å². The van der Waals surface area contributed by atoms with Crippen LogP contribution in [0.3, 0.4) is 0 Å². The predicted octanol–water partition coefficient (Wildman–Crippen LogP) is 17.6. The number of nitriles is 2. The molecule has 10 aromatic rings. The first-order valence-corrected chi connectivity index (χ1v) is 26.7. The van der Waals surface area contributed by atoms with Gasteiger partial charge in [0.15, 0.2) is 0 Å². The monoisotopic (exact) mass is 983 g/mol. The summed E-state index contributed by atoms with van der Waals surface area (Å²) in [5, 5.41) is 19.7. The standard InChI is InChI=1S/C71H61N5/c1-5-71(6-2,7-3)62-34-37-76-70(46-62)59-31-33-66(67(45-59)58-30-32-63(49(4)38-58)60-43-54(47-72)40-55(44-60)48-73)65-15-9-8-14-64(65)61-41-52(20-18-50-22-26-56(27-23-50)68-16-10-12-35-74-68)39-53(42-61)21-19-51-24-28-57(29-25-51)69-17-11-13-36-75-69/h8-17,22-46H,5-7,18-21H2,1-4H3. The zero-order chi connectivity index (χ0) is 52.4. The third-order valence-electron chi connectivity index (χ3n) is 15.6. The largest absolute Gasteiger partial charge is 0.256 e. The lowest BCUT2D eigenvalue weighted by atomic mass is 9.74. The van der Waals surface area contributed by atoms with Crippen molar-refractivity contribution in [3.8, 4) is 90.4 Å². The number of hydrogen-bond acceptors (Lipinski definition) is 5. The maximum atomic E-state index is 9.85. The highest BCUT2D eigenvalue weighted by molar-refractivity contribution is 5.94. The van der Waals surface area contributed by atoms with Gasteiger partial charge in [-0.3, -0.25) is 15.0 Å². The summed E-state index contributed by atoms with van der Waals surface area (Å²) in [6.07, 6.45) is 12.5. The van der Waals surface area contributed by atoms with Gasteiger partial charge in [0.1, 0.15) is 0 Å². The lowest BCUT2D eigenvalue weighted by molar-refractivity contribution is 0.381. The maximum absolute atomic E-state index is 9.85. The molecule has 0 aliphatic carbocycles. The predicted molar refractivity (Wildman–Crippen MR) is 312 cm³/mol. The Morgan fingerprint density at radius 1 is 0.355 bits per heavy atom. The van der Waals surface area contributed by atoms with E-state index in [9.17, 15) is 10.5 Å². The average molecular weight is 984 g/mol. The minimum Gasteiger partial charge on any atom is -0.256 e. The van der Waals surface area contributed by atoms with Crippen LogP contribution in [0.15, 0.2) is 213 Å². The molecule has 7 aromatic carbocycles. The number of pyridine rings is 3. The van der Waals surface area contributed by atoms with Crippen molar-refractivity contribution in [2.24, 2.45) is 0 Å². The van der Waals surface area contributed by atoms with Gasteiger partial charge >= 0.3 is 0 Å². The van der Waals surface area contributed by atoms with Crippen LogP contribution in [0.5, 0.6) is 0 Å². The zero-order valence-corrected chi connectivity index (χ0v) is 43.9. The highest BCUT2D eigenvalue weighted by Crippen LogP contribution is 2.43. The molecule has 0 fully saturated rings. The zero-order valence-electron chi connectivity index (χ0n) is 43.9. The highest BCUT2D eigenvalue weighted by atomic mass is 14.7. The molecule has 76 heavy (non-hydrogen) atoms. The van der Waals surface area contributed by atoms with E-state index in [4.69, 9.17) is 4.98 Å². The van der Waals surface area contributed by atoms with Crippen molar-refractivity contribution >= 4 is 0 Å². The van der Waals surface area contributed by atoms with Gasteiger partial charge in [-0.05, 0) is 196 Å². The fourth-order valence-corrected chi connectivity index (χ4v) is 11.0. The summed E-state index contributed by atoms with van der Waals surface area (Å²) in [5.41, 5.74) is 23.4. The van der Waals surface area contributed by atoms with Crippen LogP contribution >= 0.6 is 0 Å². The summed E-state index contributed by atoms with van der Waals surface area (Å²) in [7, 11) is 0. The molecule has 0 amide bonds. The SMILES string of the molecule is CCC(CC)(CC)c1ccnc(-c2ccc(-c3ccccc3-c3cc(CCc4ccc(-c5ccccn5)cc4)cc(CCc4ccc(-c5ccccn5)cc4)c3)c(-c3ccc(-c4cc(C#N)cc(C#N)c4)c(C)c3)c2)c1. The van der Waals surface area contributed by atoms with Gasteiger partial charge in [-0.1, -0.05) is 154 Å². The van der Waals surface area contributed by atoms with Gasteiger partial charge in [-0.25, -0.2) is 0 Å². The molecule has 0 saturated carbocycles. The molecule has 3 heterocycles. The molecule has 5 nitrogen and oxygen atoms in total. The molecule has 0 radical (unpaired) electrons. The average Bonchev–Trinajstić information content (AvgIpc) is 3.49. The second-order valence-corrected chi connectivity index (χ2v) is 20.0. The first-order valence-electron chi connectivity index (χ1n) is 26.7. The van der Waals surface area contributed by atoms with Crippen molar-refractivity contribution in [2.75, 3.05) is 0 Å². The molecule has 0 bridgehead atoms. The van der Waals surface area contributed by atoms with Gasteiger partial charge < -0.3 is 0 Å². The molecule has 0 aliphatic heterocycles. The quantitative estimate of drug-likeness (QED) is 0.0907. The van der Waals surface area contributed by atoms with Crippen LogP contribution in [0.25, 0.3) is 78.3 Å². The minimum absolute atomic E-state index is 0.0867. The first kappa shape index (κ1) is 50.5. The Morgan fingerprint density at radius 3 is 1.38 bits per heavy atom. The topological polar surface area (TPSA) is 86.2 Å². The van der Waals surface area contributed by atoms with Gasteiger partial charge in [0.2, 0.25) is 0 Å². The van der Waals surface area contributed by atoms with E-state index in [1.54, 1.807) is 6.07 Å². The molecule has 0 aliphatic rings. The third-order valence-corrected chi connectivity index (χ3v) is 15.6. The fraction of sp³-hybridized carbons (Fsp3) is 0.169. The number of rotatable bonds is 17. The molecule has 5 heteroatoms. The van der Waals surface area contributed by atoms with E-state index in [1.165, 1.54) is 38.9 Å². The van der Waals surface area contributed by atoms with E-state index < -0.39 is 0 Å². The van der Waals surface area contributed by atoms with E-state index in [0.717, 1.165) is 118 Å². The Hall–Kier alpha value is -9.03. The van der Waals surface area contributed by atoms with E-state index in [-0.39, 0.29) is 5.41 Å². The lowest BCUT2D eigenvalue weighted by Gasteiger charge is -2.31. The van der Waals surface area contributed by atoms with Crippen LogP contribution in [0.2, 0.25) is 0 Å². The molecule has 0 N–H and O–H groups in total. The second-order valence-electron chi connectivity index (χ2n) is 20.0. The molecule has 0 atom stereocenters. The van der Waals surface area contributed by atoms with Gasteiger partial charge in [-0.15, -0.1) is 0 Å². The van der Waals surface area contributed by atoms with Crippen molar-refractivity contribution in [1.29, 1.82) is 10.5 Å². The van der Waals surface area contributed by atoms with Crippen LogP contribution in [-0.4, -0.2) is 15.0 Å². The molecule has 0 spiro atoms. The number of aryl methyl sites for hydroxylation is 5. The molecule has 0 saturated heterocycles.